The Labute approximate surface area is 231 Å². The van der Waals surface area contributed by atoms with E-state index in [1.165, 1.54) is 22.7 Å². The zero-order chi connectivity index (χ0) is 29.1. The van der Waals surface area contributed by atoms with Crippen LogP contribution in [0.5, 0.6) is 0 Å². The summed E-state index contributed by atoms with van der Waals surface area (Å²) >= 11 is 1.27. The zero-order valence-electron chi connectivity index (χ0n) is 22.7. The van der Waals surface area contributed by atoms with E-state index in [2.05, 4.69) is 6.58 Å². The van der Waals surface area contributed by atoms with Gasteiger partial charge in [0.1, 0.15) is 11.6 Å². The van der Waals surface area contributed by atoms with Crippen LogP contribution in [0.3, 0.4) is 0 Å². The molecule has 3 rings (SSSR count). The lowest BCUT2D eigenvalue weighted by molar-refractivity contribution is -0.387. The van der Waals surface area contributed by atoms with Crippen molar-refractivity contribution in [3.05, 3.63) is 70.3 Å². The maximum atomic E-state index is 13.3. The number of hydrogen-bond acceptors (Lipinski definition) is 7. The summed E-state index contributed by atoms with van der Waals surface area (Å²) in [5.74, 6) is -1.74. The van der Waals surface area contributed by atoms with Gasteiger partial charge < -0.3 is 19.6 Å². The van der Waals surface area contributed by atoms with Gasteiger partial charge in [0.05, 0.1) is 16.4 Å². The fourth-order valence-corrected chi connectivity index (χ4v) is 5.31. The second kappa shape index (κ2) is 11.9. The minimum absolute atomic E-state index is 0.0594. The maximum Gasteiger partial charge on any atom is 0.410 e. The van der Waals surface area contributed by atoms with Gasteiger partial charge in [-0.05, 0) is 49.9 Å². The highest BCUT2D eigenvalue weighted by molar-refractivity contribution is 7.99. The normalized spacial score (nSPS) is 15.7. The number of aliphatic carboxylic acids is 1. The Morgan fingerprint density at radius 2 is 1.79 bits per heavy atom. The van der Waals surface area contributed by atoms with E-state index in [0.717, 1.165) is 15.4 Å². The van der Waals surface area contributed by atoms with Crippen LogP contribution in [-0.4, -0.2) is 69.1 Å². The van der Waals surface area contributed by atoms with E-state index in [-0.39, 0.29) is 42.4 Å². The number of hydrogen-bond donors (Lipinski definition) is 1. The first-order valence-corrected chi connectivity index (χ1v) is 13.3. The van der Waals surface area contributed by atoms with E-state index >= 15 is 0 Å². The lowest BCUT2D eigenvalue weighted by Gasteiger charge is -2.39. The molecule has 1 heterocycles. The second-order valence-electron chi connectivity index (χ2n) is 10.5. The summed E-state index contributed by atoms with van der Waals surface area (Å²) in [6.45, 7) is 12.8. The predicted molar refractivity (Wildman–Crippen MR) is 148 cm³/mol. The van der Waals surface area contributed by atoms with Gasteiger partial charge in [-0.3, -0.25) is 14.9 Å². The fourth-order valence-electron chi connectivity index (χ4n) is 4.13. The topological polar surface area (TPSA) is 130 Å². The molecule has 10 nitrogen and oxygen atoms in total. The summed E-state index contributed by atoms with van der Waals surface area (Å²) < 4.78 is 5.33. The van der Waals surface area contributed by atoms with Crippen LogP contribution in [-0.2, 0) is 14.3 Å². The van der Waals surface area contributed by atoms with Crippen molar-refractivity contribution in [2.75, 3.05) is 19.6 Å². The number of carboxylic acid groups (broad SMARTS) is 1. The Bertz CT molecular complexity index is 1300. The lowest BCUT2D eigenvalue weighted by atomic mass is 10.0. The first-order chi connectivity index (χ1) is 18.2. The predicted octanol–water partition coefficient (Wildman–Crippen LogP) is 5.42. The summed E-state index contributed by atoms with van der Waals surface area (Å²) in [6, 6.07) is 10.8. The number of amides is 2. The van der Waals surface area contributed by atoms with Crippen molar-refractivity contribution in [3.8, 4) is 0 Å². The number of carbonyl (C=O) groups is 3. The quantitative estimate of drug-likeness (QED) is 0.272. The molecule has 1 atom stereocenters. The molecule has 39 heavy (non-hydrogen) atoms. The maximum absolute atomic E-state index is 13.3. The summed E-state index contributed by atoms with van der Waals surface area (Å²) in [4.78, 5) is 53.0. The zero-order valence-corrected chi connectivity index (χ0v) is 23.5. The van der Waals surface area contributed by atoms with Crippen LogP contribution < -0.4 is 0 Å². The molecular weight excluding hydrogens is 522 g/mol. The average Bonchev–Trinajstić information content (AvgIpc) is 2.86. The van der Waals surface area contributed by atoms with Crippen LogP contribution in [0.2, 0.25) is 0 Å². The van der Waals surface area contributed by atoms with Gasteiger partial charge in [0.15, 0.2) is 0 Å². The monoisotopic (exact) mass is 555 g/mol. The third kappa shape index (κ3) is 7.17. The molecule has 0 bridgehead atoms. The van der Waals surface area contributed by atoms with Gasteiger partial charge in [-0.1, -0.05) is 56.5 Å². The molecule has 1 N–H and O–H groups in total. The molecule has 1 unspecified atom stereocenters. The number of piperazine rings is 1. The first kappa shape index (κ1) is 29.7. The minimum atomic E-state index is -1.33. The molecular formula is C28H33N3O7S. The van der Waals surface area contributed by atoms with Crippen molar-refractivity contribution in [1.29, 1.82) is 0 Å². The molecule has 2 aromatic carbocycles. The smallest absolute Gasteiger partial charge is 0.410 e. The molecule has 1 aliphatic rings. The second-order valence-corrected chi connectivity index (χ2v) is 11.6. The molecule has 2 amide bonds. The number of nitrogens with zero attached hydrogens (tertiary/aromatic N) is 3. The number of nitro groups is 1. The van der Waals surface area contributed by atoms with Crippen molar-refractivity contribution in [1.82, 2.24) is 9.80 Å². The average molecular weight is 556 g/mol. The van der Waals surface area contributed by atoms with E-state index in [4.69, 9.17) is 4.74 Å². The molecule has 1 fully saturated rings. The van der Waals surface area contributed by atoms with Crippen LogP contribution in [0.25, 0.3) is 5.57 Å². The van der Waals surface area contributed by atoms with Crippen LogP contribution in [0.4, 0.5) is 10.5 Å². The molecule has 208 valence electrons. The standard InChI is InChI=1S/C28H33N3O7S/c1-17(2)20-9-7-8-10-23(20)39-24-12-11-19(15-21(24)31(36)37)18(3)25(32)30-14-13-29(16-22(30)26(33)34)27(35)38-28(4,5)6/h7-12,15,17,22H,3,13-14,16H2,1-2,4-6H3,(H,33,34). The Morgan fingerprint density at radius 1 is 1.13 bits per heavy atom. The van der Waals surface area contributed by atoms with Gasteiger partial charge in [0, 0.05) is 29.6 Å². The van der Waals surface area contributed by atoms with E-state index in [1.54, 1.807) is 32.9 Å². The third-order valence-corrected chi connectivity index (χ3v) is 7.26. The Morgan fingerprint density at radius 3 is 2.38 bits per heavy atom. The summed E-state index contributed by atoms with van der Waals surface area (Å²) in [5.41, 5.74) is 0.258. The van der Waals surface area contributed by atoms with Crippen LogP contribution in [0, 0.1) is 10.1 Å². The highest BCUT2D eigenvalue weighted by Gasteiger charge is 2.39. The number of nitro benzene ring substituents is 1. The minimum Gasteiger partial charge on any atom is -0.480 e. The molecule has 1 saturated heterocycles. The summed E-state index contributed by atoms with van der Waals surface area (Å²) in [6.07, 6.45) is -0.664. The number of ether oxygens (including phenoxy) is 1. The van der Waals surface area contributed by atoms with Crippen molar-refractivity contribution in [2.24, 2.45) is 0 Å². The highest BCUT2D eigenvalue weighted by Crippen LogP contribution is 2.39. The van der Waals surface area contributed by atoms with Crippen molar-refractivity contribution in [3.63, 3.8) is 0 Å². The number of benzene rings is 2. The van der Waals surface area contributed by atoms with Crippen molar-refractivity contribution in [2.45, 2.75) is 62.0 Å². The van der Waals surface area contributed by atoms with E-state index < -0.39 is 34.5 Å². The molecule has 2 aromatic rings. The Hall–Kier alpha value is -3.86. The Kier molecular flexibility index (Phi) is 9.06. The van der Waals surface area contributed by atoms with E-state index in [1.807, 2.05) is 38.1 Å². The Balaban J connectivity index is 1.84. The number of carboxylic acids is 1. The van der Waals surface area contributed by atoms with E-state index in [0.29, 0.717) is 4.90 Å². The van der Waals surface area contributed by atoms with Gasteiger partial charge in [0.2, 0.25) is 0 Å². The molecule has 1 aliphatic heterocycles. The largest absolute Gasteiger partial charge is 0.480 e. The van der Waals surface area contributed by atoms with Crippen molar-refractivity contribution < 1.29 is 29.2 Å². The van der Waals surface area contributed by atoms with Crippen LogP contribution in [0.1, 0.15) is 51.7 Å². The molecule has 0 saturated carbocycles. The SMILES string of the molecule is C=C(C(=O)N1CCN(C(=O)OC(C)(C)C)CC1C(=O)O)c1ccc(Sc2ccccc2C(C)C)c([N+](=O)[O-])c1. The van der Waals surface area contributed by atoms with Gasteiger partial charge in [-0.15, -0.1) is 0 Å². The van der Waals surface area contributed by atoms with Gasteiger partial charge in [-0.25, -0.2) is 9.59 Å². The summed E-state index contributed by atoms with van der Waals surface area (Å²) in [5, 5.41) is 21.8. The lowest BCUT2D eigenvalue weighted by Crippen LogP contribution is -2.59. The summed E-state index contributed by atoms with van der Waals surface area (Å²) in [7, 11) is 0. The van der Waals surface area contributed by atoms with Gasteiger partial charge in [-0.2, -0.15) is 0 Å². The van der Waals surface area contributed by atoms with Gasteiger partial charge >= 0.3 is 12.1 Å². The fraction of sp³-hybridized carbons (Fsp3) is 0.393. The molecule has 0 aliphatic carbocycles. The number of rotatable bonds is 7. The molecule has 0 aromatic heterocycles. The first-order valence-electron chi connectivity index (χ1n) is 12.5. The number of carbonyl (C=O) groups excluding carboxylic acids is 2. The van der Waals surface area contributed by atoms with Crippen LogP contribution >= 0.6 is 11.8 Å². The molecule has 0 radical (unpaired) electrons. The molecule has 0 spiro atoms. The third-order valence-electron chi connectivity index (χ3n) is 6.10. The van der Waals surface area contributed by atoms with Crippen LogP contribution in [0.15, 0.2) is 58.8 Å². The highest BCUT2D eigenvalue weighted by atomic mass is 32.2. The van der Waals surface area contributed by atoms with Gasteiger partial charge in [0.25, 0.3) is 11.6 Å². The molecule has 11 heteroatoms. The van der Waals surface area contributed by atoms with E-state index in [9.17, 15) is 29.6 Å². The van der Waals surface area contributed by atoms with Crippen molar-refractivity contribution >= 4 is 41.0 Å².